The van der Waals surface area contributed by atoms with Crippen LogP contribution < -0.4 is 0 Å². The summed E-state index contributed by atoms with van der Waals surface area (Å²) in [6.07, 6.45) is 2.01. The number of hydrogen-bond donors (Lipinski definition) is 1. The highest BCUT2D eigenvalue weighted by atomic mass is 35.5. The third-order valence-corrected chi connectivity index (χ3v) is 3.32. The van der Waals surface area contributed by atoms with E-state index in [2.05, 4.69) is 6.07 Å². The lowest BCUT2D eigenvalue weighted by atomic mass is 9.97. The Bertz CT molecular complexity index is 455. The molecule has 1 aliphatic carbocycles. The molecule has 0 aromatic heterocycles. The van der Waals surface area contributed by atoms with Crippen LogP contribution in [0.15, 0.2) is 18.2 Å². The molecule has 0 radical (unpaired) electrons. The molecule has 0 bridgehead atoms. The van der Waals surface area contributed by atoms with Gasteiger partial charge in [0.25, 0.3) is 0 Å². The highest BCUT2D eigenvalue weighted by Gasteiger charge is 2.40. The Balaban J connectivity index is 2.25. The summed E-state index contributed by atoms with van der Waals surface area (Å²) in [6.45, 7) is 0.473. The second-order valence-electron chi connectivity index (χ2n) is 4.17. The van der Waals surface area contributed by atoms with E-state index in [0.717, 1.165) is 17.5 Å². The Labute approximate surface area is 106 Å². The van der Waals surface area contributed by atoms with Crippen LogP contribution in [0.4, 0.5) is 0 Å². The fourth-order valence-electron chi connectivity index (χ4n) is 2.22. The van der Waals surface area contributed by atoms with Gasteiger partial charge in [0.2, 0.25) is 0 Å². The van der Waals surface area contributed by atoms with Crippen molar-refractivity contribution < 1.29 is 9.84 Å². The Morgan fingerprint density at radius 2 is 2.35 bits per heavy atom. The molecule has 0 heterocycles. The highest BCUT2D eigenvalue weighted by Crippen LogP contribution is 2.40. The van der Waals surface area contributed by atoms with Crippen LogP contribution in [0.1, 0.15) is 24.0 Å². The van der Waals surface area contributed by atoms with Crippen molar-refractivity contribution in [3.05, 3.63) is 34.3 Å². The van der Waals surface area contributed by atoms with E-state index >= 15 is 0 Å². The zero-order valence-electron chi connectivity index (χ0n) is 9.45. The van der Waals surface area contributed by atoms with E-state index in [1.807, 2.05) is 12.1 Å². The molecular formula is C13H14ClNO2. The molecule has 1 aromatic carbocycles. The summed E-state index contributed by atoms with van der Waals surface area (Å²) in [5.41, 5.74) is 1.15. The van der Waals surface area contributed by atoms with Gasteiger partial charge in [-0.2, -0.15) is 5.26 Å². The maximum Gasteiger partial charge on any atom is 0.180 e. The van der Waals surface area contributed by atoms with Gasteiger partial charge in [-0.3, -0.25) is 0 Å². The van der Waals surface area contributed by atoms with Gasteiger partial charge in [-0.15, -0.1) is 0 Å². The van der Waals surface area contributed by atoms with Crippen molar-refractivity contribution in [2.24, 2.45) is 0 Å². The predicted octanol–water partition coefficient (Wildman–Crippen LogP) is 2.40. The molecule has 0 saturated carbocycles. The van der Waals surface area contributed by atoms with Crippen molar-refractivity contribution >= 4 is 11.6 Å². The highest BCUT2D eigenvalue weighted by molar-refractivity contribution is 6.30. The first-order chi connectivity index (χ1) is 8.22. The molecule has 1 unspecified atom stereocenters. The molecule has 1 aromatic rings. The van der Waals surface area contributed by atoms with E-state index < -0.39 is 5.60 Å². The average Bonchev–Trinajstić information content (AvgIpc) is 2.68. The van der Waals surface area contributed by atoms with Crippen molar-refractivity contribution in [1.82, 2.24) is 0 Å². The summed E-state index contributed by atoms with van der Waals surface area (Å²) >= 11 is 5.93. The van der Waals surface area contributed by atoms with Gasteiger partial charge in [0.15, 0.2) is 5.60 Å². The number of aliphatic hydroxyl groups is 1. The number of aryl methyl sites for hydroxylation is 1. The standard InChI is InChI=1S/C13H14ClNO2/c14-11-2-3-12-10(8-11)4-5-13(12,9-15)17-7-1-6-16/h2-3,8,16H,1,4-7H2. The first-order valence-electron chi connectivity index (χ1n) is 5.67. The van der Waals surface area contributed by atoms with E-state index in [1.54, 1.807) is 6.07 Å². The second-order valence-corrected chi connectivity index (χ2v) is 4.60. The molecule has 1 N–H and O–H groups in total. The van der Waals surface area contributed by atoms with Crippen molar-refractivity contribution in [3.63, 3.8) is 0 Å². The number of fused-ring (bicyclic) bond motifs is 1. The van der Waals surface area contributed by atoms with E-state index in [-0.39, 0.29) is 6.61 Å². The van der Waals surface area contributed by atoms with E-state index in [0.29, 0.717) is 24.5 Å². The van der Waals surface area contributed by atoms with Gasteiger partial charge in [0.1, 0.15) is 6.07 Å². The smallest absolute Gasteiger partial charge is 0.180 e. The average molecular weight is 252 g/mol. The number of halogens is 1. The molecule has 0 spiro atoms. The van der Waals surface area contributed by atoms with Gasteiger partial charge in [0, 0.05) is 17.2 Å². The predicted molar refractivity (Wildman–Crippen MR) is 64.7 cm³/mol. The Morgan fingerprint density at radius 3 is 3.06 bits per heavy atom. The molecule has 0 amide bonds. The van der Waals surface area contributed by atoms with Crippen LogP contribution in [0.2, 0.25) is 5.02 Å². The van der Waals surface area contributed by atoms with Crippen LogP contribution >= 0.6 is 11.6 Å². The van der Waals surface area contributed by atoms with Crippen molar-refractivity contribution in [2.45, 2.75) is 24.9 Å². The number of nitriles is 1. The van der Waals surface area contributed by atoms with Crippen molar-refractivity contribution in [3.8, 4) is 6.07 Å². The minimum absolute atomic E-state index is 0.0784. The Morgan fingerprint density at radius 1 is 1.53 bits per heavy atom. The molecule has 3 nitrogen and oxygen atoms in total. The zero-order chi connectivity index (χ0) is 12.3. The van der Waals surface area contributed by atoms with E-state index in [4.69, 9.17) is 21.4 Å². The zero-order valence-corrected chi connectivity index (χ0v) is 10.2. The van der Waals surface area contributed by atoms with Crippen molar-refractivity contribution in [1.29, 1.82) is 5.26 Å². The van der Waals surface area contributed by atoms with Crippen LogP contribution in [0.5, 0.6) is 0 Å². The van der Waals surface area contributed by atoms with Crippen molar-refractivity contribution in [2.75, 3.05) is 13.2 Å². The minimum atomic E-state index is -0.852. The normalized spacial score (nSPS) is 22.2. The molecule has 2 rings (SSSR count). The first kappa shape index (κ1) is 12.4. The molecule has 0 aliphatic heterocycles. The van der Waals surface area contributed by atoms with E-state index in [1.165, 1.54) is 0 Å². The van der Waals surface area contributed by atoms with Crippen LogP contribution in [0.25, 0.3) is 0 Å². The molecule has 90 valence electrons. The minimum Gasteiger partial charge on any atom is -0.396 e. The summed E-state index contributed by atoms with van der Waals surface area (Å²) in [7, 11) is 0. The van der Waals surface area contributed by atoms with Gasteiger partial charge in [-0.25, -0.2) is 0 Å². The molecule has 1 atom stereocenters. The molecular weight excluding hydrogens is 238 g/mol. The summed E-state index contributed by atoms with van der Waals surface area (Å²) in [4.78, 5) is 0. The van der Waals surface area contributed by atoms with Gasteiger partial charge in [-0.05, 0) is 37.0 Å². The van der Waals surface area contributed by atoms with Gasteiger partial charge < -0.3 is 9.84 Å². The van der Waals surface area contributed by atoms with Gasteiger partial charge in [-0.1, -0.05) is 17.7 Å². The maximum absolute atomic E-state index is 9.36. The molecule has 17 heavy (non-hydrogen) atoms. The van der Waals surface area contributed by atoms with Crippen LogP contribution in [0.3, 0.4) is 0 Å². The number of ether oxygens (including phenoxy) is 1. The number of aliphatic hydroxyl groups excluding tert-OH is 1. The molecule has 0 saturated heterocycles. The third-order valence-electron chi connectivity index (χ3n) is 3.08. The fourth-order valence-corrected chi connectivity index (χ4v) is 2.41. The first-order valence-corrected chi connectivity index (χ1v) is 6.04. The summed E-state index contributed by atoms with van der Waals surface area (Å²) in [5, 5.41) is 18.8. The SMILES string of the molecule is N#CC1(OCCCO)CCc2cc(Cl)ccc21. The Hall–Kier alpha value is -1.08. The largest absolute Gasteiger partial charge is 0.396 e. The maximum atomic E-state index is 9.36. The summed E-state index contributed by atoms with van der Waals surface area (Å²) in [6, 6.07) is 7.81. The fraction of sp³-hybridized carbons (Fsp3) is 0.462. The van der Waals surface area contributed by atoms with Gasteiger partial charge >= 0.3 is 0 Å². The lowest BCUT2D eigenvalue weighted by Gasteiger charge is -2.22. The summed E-state index contributed by atoms with van der Waals surface area (Å²) < 4.78 is 5.68. The number of benzene rings is 1. The third kappa shape index (κ3) is 2.30. The number of hydrogen-bond acceptors (Lipinski definition) is 3. The van der Waals surface area contributed by atoms with Crippen LogP contribution in [-0.4, -0.2) is 18.3 Å². The van der Waals surface area contributed by atoms with E-state index in [9.17, 15) is 5.26 Å². The molecule has 1 aliphatic rings. The Kier molecular flexibility index (Phi) is 3.68. The second kappa shape index (κ2) is 5.05. The lowest BCUT2D eigenvalue weighted by Crippen LogP contribution is -2.25. The topological polar surface area (TPSA) is 53.2 Å². The lowest BCUT2D eigenvalue weighted by molar-refractivity contribution is -0.0107. The number of nitrogens with zero attached hydrogens (tertiary/aromatic N) is 1. The quantitative estimate of drug-likeness (QED) is 0.836. The number of rotatable bonds is 4. The molecule has 0 fully saturated rings. The molecule has 4 heteroatoms. The summed E-state index contributed by atoms with van der Waals surface area (Å²) in [5.74, 6) is 0. The van der Waals surface area contributed by atoms with Crippen LogP contribution in [0, 0.1) is 11.3 Å². The monoisotopic (exact) mass is 251 g/mol. The van der Waals surface area contributed by atoms with Gasteiger partial charge in [0.05, 0.1) is 6.61 Å². The van der Waals surface area contributed by atoms with Crippen LogP contribution in [-0.2, 0) is 16.8 Å².